The predicted octanol–water partition coefficient (Wildman–Crippen LogP) is 4.01. The highest BCUT2D eigenvalue weighted by Gasteiger charge is 2.11. The molecular formula is C17H19ClN2O. The van der Waals surface area contributed by atoms with Crippen molar-refractivity contribution in [3.05, 3.63) is 64.2 Å². The normalized spacial score (nSPS) is 10.4. The first-order valence-corrected chi connectivity index (χ1v) is 7.35. The van der Waals surface area contributed by atoms with E-state index in [1.807, 2.05) is 37.3 Å². The lowest BCUT2D eigenvalue weighted by Gasteiger charge is -2.12. The zero-order valence-electron chi connectivity index (χ0n) is 12.2. The van der Waals surface area contributed by atoms with E-state index >= 15 is 0 Å². The molecule has 0 fully saturated rings. The van der Waals surface area contributed by atoms with Crippen molar-refractivity contribution in [2.45, 2.75) is 20.4 Å². The third-order valence-electron chi connectivity index (χ3n) is 3.28. The molecule has 0 radical (unpaired) electrons. The van der Waals surface area contributed by atoms with Crippen LogP contribution in [-0.2, 0) is 6.54 Å². The molecule has 0 aliphatic rings. The van der Waals surface area contributed by atoms with Gasteiger partial charge in [-0.25, -0.2) is 0 Å². The number of carbonyl (C=O) groups is 1. The number of rotatable bonds is 5. The monoisotopic (exact) mass is 302 g/mol. The van der Waals surface area contributed by atoms with Gasteiger partial charge in [0.15, 0.2) is 0 Å². The maximum absolute atomic E-state index is 12.4. The maximum Gasteiger partial charge on any atom is 0.255 e. The number of carbonyl (C=O) groups excluding carboxylic acids is 1. The average Bonchev–Trinajstić information content (AvgIpc) is 2.48. The Hall–Kier alpha value is -1.84. The number of aryl methyl sites for hydroxylation is 1. The predicted molar refractivity (Wildman–Crippen MR) is 88.0 cm³/mol. The van der Waals surface area contributed by atoms with Crippen LogP contribution in [0.2, 0.25) is 5.02 Å². The lowest BCUT2D eigenvalue weighted by molar-refractivity contribution is 0.102. The number of halogens is 1. The number of nitrogens with one attached hydrogen (secondary N) is 2. The highest BCUT2D eigenvalue weighted by Crippen LogP contribution is 2.19. The number of anilines is 1. The fourth-order valence-corrected chi connectivity index (χ4v) is 2.26. The summed E-state index contributed by atoms with van der Waals surface area (Å²) in [7, 11) is 0. The van der Waals surface area contributed by atoms with Crippen molar-refractivity contribution in [3.63, 3.8) is 0 Å². The third-order valence-corrected chi connectivity index (χ3v) is 3.51. The SMILES string of the molecule is CCNCc1ccccc1NC(=O)c1cc(Cl)ccc1C. The van der Waals surface area contributed by atoms with Crippen LogP contribution in [0.15, 0.2) is 42.5 Å². The third kappa shape index (κ3) is 4.06. The molecule has 0 aromatic heterocycles. The Kier molecular flexibility index (Phi) is 5.37. The summed E-state index contributed by atoms with van der Waals surface area (Å²) >= 11 is 5.97. The van der Waals surface area contributed by atoms with Gasteiger partial charge in [0.25, 0.3) is 5.91 Å². The van der Waals surface area contributed by atoms with Crippen molar-refractivity contribution in [1.29, 1.82) is 0 Å². The maximum atomic E-state index is 12.4. The molecule has 0 aliphatic heterocycles. The molecule has 2 aromatic carbocycles. The first kappa shape index (κ1) is 15.5. The van der Waals surface area contributed by atoms with Crippen LogP contribution < -0.4 is 10.6 Å². The molecule has 0 bridgehead atoms. The molecule has 21 heavy (non-hydrogen) atoms. The summed E-state index contributed by atoms with van der Waals surface area (Å²) < 4.78 is 0. The number of para-hydroxylation sites is 1. The minimum atomic E-state index is -0.140. The van der Waals surface area contributed by atoms with Gasteiger partial charge in [0.2, 0.25) is 0 Å². The molecule has 0 atom stereocenters. The van der Waals surface area contributed by atoms with E-state index in [2.05, 4.69) is 17.6 Å². The second-order valence-electron chi connectivity index (χ2n) is 4.85. The van der Waals surface area contributed by atoms with Gasteiger partial charge in [-0.3, -0.25) is 4.79 Å². The molecule has 110 valence electrons. The van der Waals surface area contributed by atoms with Crippen molar-refractivity contribution in [3.8, 4) is 0 Å². The standard InChI is InChI=1S/C17H19ClN2O/c1-3-19-11-13-6-4-5-7-16(13)20-17(21)15-10-14(18)9-8-12(15)2/h4-10,19H,3,11H2,1-2H3,(H,20,21). The largest absolute Gasteiger partial charge is 0.322 e. The fraction of sp³-hybridized carbons (Fsp3) is 0.235. The molecule has 0 spiro atoms. The minimum absolute atomic E-state index is 0.140. The van der Waals surface area contributed by atoms with E-state index in [9.17, 15) is 4.79 Å². The van der Waals surface area contributed by atoms with E-state index in [-0.39, 0.29) is 5.91 Å². The van der Waals surface area contributed by atoms with Gasteiger partial charge < -0.3 is 10.6 Å². The summed E-state index contributed by atoms with van der Waals surface area (Å²) in [6.45, 7) is 5.56. The Labute approximate surface area is 130 Å². The molecule has 0 saturated carbocycles. The first-order valence-electron chi connectivity index (χ1n) is 6.98. The molecule has 2 rings (SSSR count). The summed E-state index contributed by atoms with van der Waals surface area (Å²) in [4.78, 5) is 12.4. The smallest absolute Gasteiger partial charge is 0.255 e. The van der Waals surface area contributed by atoms with Crippen LogP contribution in [0.5, 0.6) is 0 Å². The number of hydrogen-bond acceptors (Lipinski definition) is 2. The Morgan fingerprint density at radius 1 is 1.19 bits per heavy atom. The van der Waals surface area contributed by atoms with E-state index in [0.29, 0.717) is 10.6 Å². The van der Waals surface area contributed by atoms with Gasteiger partial charge in [-0.2, -0.15) is 0 Å². The van der Waals surface area contributed by atoms with Crippen molar-refractivity contribution in [2.75, 3.05) is 11.9 Å². The van der Waals surface area contributed by atoms with Crippen molar-refractivity contribution >= 4 is 23.2 Å². The van der Waals surface area contributed by atoms with Gasteiger partial charge in [-0.1, -0.05) is 42.8 Å². The van der Waals surface area contributed by atoms with Gasteiger partial charge in [0, 0.05) is 22.8 Å². The van der Waals surface area contributed by atoms with E-state index in [4.69, 9.17) is 11.6 Å². The zero-order chi connectivity index (χ0) is 15.2. The lowest BCUT2D eigenvalue weighted by atomic mass is 10.1. The van der Waals surface area contributed by atoms with Crippen LogP contribution in [-0.4, -0.2) is 12.5 Å². The Morgan fingerprint density at radius 3 is 2.71 bits per heavy atom. The van der Waals surface area contributed by atoms with Gasteiger partial charge in [-0.05, 0) is 42.8 Å². The first-order chi connectivity index (χ1) is 10.1. The Morgan fingerprint density at radius 2 is 1.95 bits per heavy atom. The van der Waals surface area contributed by atoms with Gasteiger partial charge >= 0.3 is 0 Å². The van der Waals surface area contributed by atoms with E-state index in [1.165, 1.54) is 0 Å². The molecule has 2 aromatic rings. The molecule has 2 N–H and O–H groups in total. The van der Waals surface area contributed by atoms with Crippen molar-refractivity contribution in [2.24, 2.45) is 0 Å². The van der Waals surface area contributed by atoms with Crippen LogP contribution >= 0.6 is 11.6 Å². The Bertz CT molecular complexity index is 640. The summed E-state index contributed by atoms with van der Waals surface area (Å²) in [6.07, 6.45) is 0. The van der Waals surface area contributed by atoms with Crippen LogP contribution in [0.3, 0.4) is 0 Å². The van der Waals surface area contributed by atoms with Gasteiger partial charge in [0.1, 0.15) is 0 Å². The van der Waals surface area contributed by atoms with E-state index in [1.54, 1.807) is 12.1 Å². The van der Waals surface area contributed by atoms with Crippen molar-refractivity contribution < 1.29 is 4.79 Å². The van der Waals surface area contributed by atoms with Crippen LogP contribution in [0.25, 0.3) is 0 Å². The highest BCUT2D eigenvalue weighted by molar-refractivity contribution is 6.31. The topological polar surface area (TPSA) is 41.1 Å². The van der Waals surface area contributed by atoms with E-state index in [0.717, 1.165) is 29.9 Å². The number of amides is 1. The fourth-order valence-electron chi connectivity index (χ4n) is 2.08. The van der Waals surface area contributed by atoms with E-state index < -0.39 is 0 Å². The lowest BCUT2D eigenvalue weighted by Crippen LogP contribution is -2.17. The van der Waals surface area contributed by atoms with Gasteiger partial charge in [0.05, 0.1) is 0 Å². The molecule has 1 amide bonds. The molecule has 0 saturated heterocycles. The average molecular weight is 303 g/mol. The molecule has 0 aliphatic carbocycles. The van der Waals surface area contributed by atoms with Crippen LogP contribution in [0.1, 0.15) is 28.4 Å². The second kappa shape index (κ2) is 7.25. The summed E-state index contributed by atoms with van der Waals surface area (Å²) in [5, 5.41) is 6.79. The summed E-state index contributed by atoms with van der Waals surface area (Å²) in [5.74, 6) is -0.140. The quantitative estimate of drug-likeness (QED) is 0.876. The number of hydrogen-bond donors (Lipinski definition) is 2. The zero-order valence-corrected chi connectivity index (χ0v) is 13.0. The van der Waals surface area contributed by atoms with Crippen molar-refractivity contribution in [1.82, 2.24) is 5.32 Å². The number of benzene rings is 2. The summed E-state index contributed by atoms with van der Waals surface area (Å²) in [6, 6.07) is 13.1. The molecule has 0 unspecified atom stereocenters. The highest BCUT2D eigenvalue weighted by atomic mass is 35.5. The molecular weight excluding hydrogens is 284 g/mol. The summed E-state index contributed by atoms with van der Waals surface area (Å²) in [5.41, 5.74) is 3.39. The second-order valence-corrected chi connectivity index (χ2v) is 5.29. The van der Waals surface area contributed by atoms with Crippen LogP contribution in [0.4, 0.5) is 5.69 Å². The molecule has 3 nitrogen and oxygen atoms in total. The van der Waals surface area contributed by atoms with Gasteiger partial charge in [-0.15, -0.1) is 0 Å². The Balaban J connectivity index is 2.21. The molecule has 0 heterocycles. The minimum Gasteiger partial charge on any atom is -0.322 e. The van der Waals surface area contributed by atoms with Crippen LogP contribution in [0, 0.1) is 6.92 Å². The molecule has 4 heteroatoms.